The van der Waals surface area contributed by atoms with E-state index in [9.17, 15) is 0 Å². The number of halogens is 1. The number of hydrogen-bond donors (Lipinski definition) is 2. The highest BCUT2D eigenvalue weighted by Gasteiger charge is 2.06. The average Bonchev–Trinajstić information content (AvgIpc) is 2.35. The molecule has 0 aliphatic rings. The SMILES string of the molecule is C[C@H](CO)NCc1cc(Cl)cc2cccnc12. The molecule has 0 amide bonds. The number of aliphatic hydroxyl groups is 1. The molecule has 0 unspecified atom stereocenters. The van der Waals surface area contributed by atoms with Crippen LogP contribution in [0.4, 0.5) is 0 Å². The zero-order valence-corrected chi connectivity index (χ0v) is 10.4. The van der Waals surface area contributed by atoms with Crippen LogP contribution in [-0.4, -0.2) is 22.7 Å². The average molecular weight is 251 g/mol. The monoisotopic (exact) mass is 250 g/mol. The van der Waals surface area contributed by atoms with Gasteiger partial charge >= 0.3 is 0 Å². The summed E-state index contributed by atoms with van der Waals surface area (Å²) in [6.45, 7) is 2.70. The fourth-order valence-corrected chi connectivity index (χ4v) is 1.96. The normalized spacial score (nSPS) is 12.9. The van der Waals surface area contributed by atoms with Crippen LogP contribution in [0.15, 0.2) is 30.5 Å². The number of benzene rings is 1. The first-order chi connectivity index (χ1) is 8.20. The molecule has 17 heavy (non-hydrogen) atoms. The Morgan fingerprint density at radius 2 is 2.29 bits per heavy atom. The van der Waals surface area contributed by atoms with Crippen molar-refractivity contribution in [1.82, 2.24) is 10.3 Å². The minimum atomic E-state index is 0.0627. The molecule has 1 heterocycles. The molecule has 0 spiro atoms. The van der Waals surface area contributed by atoms with E-state index in [1.807, 2.05) is 31.2 Å². The predicted octanol–water partition coefficient (Wildman–Crippen LogP) is 2.36. The first-order valence-corrected chi connectivity index (χ1v) is 5.96. The summed E-state index contributed by atoms with van der Waals surface area (Å²) in [6, 6.07) is 7.77. The van der Waals surface area contributed by atoms with Gasteiger partial charge in [0.15, 0.2) is 0 Å². The van der Waals surface area contributed by atoms with Gasteiger partial charge in [-0.25, -0.2) is 0 Å². The molecule has 0 radical (unpaired) electrons. The van der Waals surface area contributed by atoms with Gasteiger partial charge in [-0.1, -0.05) is 17.7 Å². The topological polar surface area (TPSA) is 45.1 Å². The number of nitrogens with one attached hydrogen (secondary N) is 1. The van der Waals surface area contributed by atoms with Crippen molar-refractivity contribution in [2.75, 3.05) is 6.61 Å². The predicted molar refractivity (Wildman–Crippen MR) is 70.1 cm³/mol. The minimum Gasteiger partial charge on any atom is -0.395 e. The van der Waals surface area contributed by atoms with Crippen molar-refractivity contribution in [2.24, 2.45) is 0 Å². The summed E-state index contributed by atoms with van der Waals surface area (Å²) in [5.41, 5.74) is 2.00. The zero-order valence-electron chi connectivity index (χ0n) is 9.65. The number of fused-ring (bicyclic) bond motifs is 1. The van der Waals surface area contributed by atoms with Crippen LogP contribution in [0.1, 0.15) is 12.5 Å². The lowest BCUT2D eigenvalue weighted by atomic mass is 10.1. The molecule has 1 atom stereocenters. The summed E-state index contributed by atoms with van der Waals surface area (Å²) in [7, 11) is 0. The minimum absolute atomic E-state index is 0.0627. The Morgan fingerprint density at radius 3 is 3.06 bits per heavy atom. The standard InChI is InChI=1S/C13H15ClN2O/c1-9(8-17)16-7-11-6-12(14)5-10-3-2-4-15-13(10)11/h2-6,9,16-17H,7-8H2,1H3/t9-/m1/s1. The van der Waals surface area contributed by atoms with E-state index >= 15 is 0 Å². The van der Waals surface area contributed by atoms with Crippen LogP contribution in [0.2, 0.25) is 5.02 Å². The summed E-state index contributed by atoms with van der Waals surface area (Å²) in [5, 5.41) is 13.9. The molecular formula is C13H15ClN2O. The highest BCUT2D eigenvalue weighted by Crippen LogP contribution is 2.22. The number of rotatable bonds is 4. The smallest absolute Gasteiger partial charge is 0.0747 e. The van der Waals surface area contributed by atoms with Crippen LogP contribution >= 0.6 is 11.6 Å². The van der Waals surface area contributed by atoms with Gasteiger partial charge in [0.25, 0.3) is 0 Å². The van der Waals surface area contributed by atoms with Crippen LogP contribution in [0.5, 0.6) is 0 Å². The third-order valence-corrected chi connectivity index (χ3v) is 2.88. The van der Waals surface area contributed by atoms with Crippen molar-refractivity contribution in [3.63, 3.8) is 0 Å². The number of aliphatic hydroxyl groups excluding tert-OH is 1. The van der Waals surface area contributed by atoms with Crippen molar-refractivity contribution in [3.05, 3.63) is 41.0 Å². The summed E-state index contributed by atoms with van der Waals surface area (Å²) in [5.74, 6) is 0. The van der Waals surface area contributed by atoms with Gasteiger partial charge in [0, 0.05) is 29.2 Å². The van der Waals surface area contributed by atoms with Crippen molar-refractivity contribution in [2.45, 2.75) is 19.5 Å². The van der Waals surface area contributed by atoms with E-state index in [0.29, 0.717) is 11.6 Å². The van der Waals surface area contributed by atoms with E-state index in [4.69, 9.17) is 16.7 Å². The second-order valence-electron chi connectivity index (χ2n) is 4.10. The maximum atomic E-state index is 8.98. The van der Waals surface area contributed by atoms with Gasteiger partial charge in [-0.2, -0.15) is 0 Å². The number of aromatic nitrogens is 1. The maximum absolute atomic E-state index is 8.98. The van der Waals surface area contributed by atoms with E-state index in [-0.39, 0.29) is 12.6 Å². The van der Waals surface area contributed by atoms with E-state index in [1.54, 1.807) is 6.20 Å². The molecule has 3 nitrogen and oxygen atoms in total. The Kier molecular flexibility index (Phi) is 3.94. The summed E-state index contributed by atoms with van der Waals surface area (Å²) >= 11 is 6.07. The Bertz CT molecular complexity index is 516. The third kappa shape index (κ3) is 2.94. The van der Waals surface area contributed by atoms with Crippen molar-refractivity contribution in [1.29, 1.82) is 0 Å². The molecule has 0 bridgehead atoms. The van der Waals surface area contributed by atoms with Gasteiger partial charge in [-0.15, -0.1) is 0 Å². The van der Waals surface area contributed by atoms with Crippen molar-refractivity contribution in [3.8, 4) is 0 Å². The Labute approximate surface area is 105 Å². The van der Waals surface area contributed by atoms with Gasteiger partial charge in [0.05, 0.1) is 12.1 Å². The molecule has 2 N–H and O–H groups in total. The van der Waals surface area contributed by atoms with Crippen LogP contribution in [0.25, 0.3) is 10.9 Å². The largest absolute Gasteiger partial charge is 0.395 e. The lowest BCUT2D eigenvalue weighted by Gasteiger charge is -2.12. The second-order valence-corrected chi connectivity index (χ2v) is 4.54. The zero-order chi connectivity index (χ0) is 12.3. The number of nitrogens with zero attached hydrogens (tertiary/aromatic N) is 1. The van der Waals surface area contributed by atoms with Gasteiger partial charge in [-0.05, 0) is 30.7 Å². The fraction of sp³-hybridized carbons (Fsp3) is 0.308. The molecule has 0 aliphatic carbocycles. The van der Waals surface area contributed by atoms with Crippen LogP contribution in [-0.2, 0) is 6.54 Å². The molecule has 4 heteroatoms. The van der Waals surface area contributed by atoms with Crippen LogP contribution in [0, 0.1) is 0 Å². The maximum Gasteiger partial charge on any atom is 0.0747 e. The number of pyridine rings is 1. The summed E-state index contributed by atoms with van der Waals surface area (Å²) in [4.78, 5) is 4.36. The highest BCUT2D eigenvalue weighted by atomic mass is 35.5. The lowest BCUT2D eigenvalue weighted by Crippen LogP contribution is -2.28. The summed E-state index contributed by atoms with van der Waals surface area (Å²) < 4.78 is 0. The Hall–Kier alpha value is -1.16. The molecule has 1 aromatic heterocycles. The van der Waals surface area contributed by atoms with Gasteiger partial charge in [-0.3, -0.25) is 4.98 Å². The molecule has 90 valence electrons. The lowest BCUT2D eigenvalue weighted by molar-refractivity contribution is 0.251. The Balaban J connectivity index is 2.32. The van der Waals surface area contributed by atoms with Crippen LogP contribution in [0.3, 0.4) is 0 Å². The Morgan fingerprint density at radius 1 is 1.47 bits per heavy atom. The molecule has 0 saturated carbocycles. The molecule has 2 aromatic rings. The molecule has 0 aliphatic heterocycles. The van der Waals surface area contributed by atoms with Gasteiger partial charge < -0.3 is 10.4 Å². The quantitative estimate of drug-likeness (QED) is 0.876. The van der Waals surface area contributed by atoms with E-state index in [2.05, 4.69) is 10.3 Å². The summed E-state index contributed by atoms with van der Waals surface area (Å²) in [6.07, 6.45) is 1.77. The molecule has 1 aromatic carbocycles. The number of hydrogen-bond acceptors (Lipinski definition) is 3. The third-order valence-electron chi connectivity index (χ3n) is 2.66. The molecule has 0 fully saturated rings. The van der Waals surface area contributed by atoms with E-state index in [1.165, 1.54) is 0 Å². The first-order valence-electron chi connectivity index (χ1n) is 5.58. The van der Waals surface area contributed by atoms with Crippen LogP contribution < -0.4 is 5.32 Å². The van der Waals surface area contributed by atoms with E-state index < -0.39 is 0 Å². The molecule has 0 saturated heterocycles. The second kappa shape index (κ2) is 5.45. The highest BCUT2D eigenvalue weighted by molar-refractivity contribution is 6.31. The van der Waals surface area contributed by atoms with E-state index in [0.717, 1.165) is 16.5 Å². The molecular weight excluding hydrogens is 236 g/mol. The first kappa shape index (κ1) is 12.3. The van der Waals surface area contributed by atoms with Gasteiger partial charge in [0.2, 0.25) is 0 Å². The molecule has 2 rings (SSSR count). The van der Waals surface area contributed by atoms with Gasteiger partial charge in [0.1, 0.15) is 0 Å². The van der Waals surface area contributed by atoms with Crippen molar-refractivity contribution < 1.29 is 5.11 Å². The van der Waals surface area contributed by atoms with Crippen molar-refractivity contribution >= 4 is 22.5 Å². The fourth-order valence-electron chi connectivity index (χ4n) is 1.71.